The molecule has 27 heavy (non-hydrogen) atoms. The Hall–Kier alpha value is -2.35. The van der Waals surface area contributed by atoms with Crippen LogP contribution in [0.1, 0.15) is 22.3 Å². The molecule has 0 heterocycles. The third-order valence-corrected chi connectivity index (χ3v) is 3.59. The van der Waals surface area contributed by atoms with Gasteiger partial charge in [-0.2, -0.15) is 18.4 Å². The zero-order valence-electron chi connectivity index (χ0n) is 14.3. The summed E-state index contributed by atoms with van der Waals surface area (Å²) in [6, 6.07) is 10.8. The van der Waals surface area contributed by atoms with Crippen molar-refractivity contribution in [3.8, 4) is 6.07 Å². The minimum Gasteiger partial charge on any atom is -0.352 e. The van der Waals surface area contributed by atoms with Crippen LogP contribution in [0.2, 0.25) is 0 Å². The molecule has 0 radical (unpaired) electrons. The van der Waals surface area contributed by atoms with Crippen LogP contribution in [0, 0.1) is 17.1 Å². The van der Waals surface area contributed by atoms with E-state index in [-0.39, 0.29) is 42.6 Å². The average molecular weight is 492 g/mol. The predicted octanol–water partition coefficient (Wildman–Crippen LogP) is 4.20. The molecule has 0 saturated heterocycles. The van der Waals surface area contributed by atoms with Crippen LogP contribution in [0.3, 0.4) is 0 Å². The molecule has 2 aromatic rings. The van der Waals surface area contributed by atoms with Crippen LogP contribution in [-0.4, -0.2) is 13.0 Å². The highest BCUT2D eigenvalue weighted by Gasteiger charge is 2.29. The van der Waals surface area contributed by atoms with Gasteiger partial charge in [-0.3, -0.25) is 4.99 Å². The van der Waals surface area contributed by atoms with Gasteiger partial charge in [0.05, 0.1) is 17.2 Å². The highest BCUT2D eigenvalue weighted by atomic mass is 127. The maximum atomic E-state index is 13.8. The minimum absolute atomic E-state index is 0. The van der Waals surface area contributed by atoms with Crippen molar-refractivity contribution >= 4 is 29.9 Å². The molecule has 2 N–H and O–H groups in total. The number of alkyl halides is 3. The zero-order valence-corrected chi connectivity index (χ0v) is 16.6. The van der Waals surface area contributed by atoms with Gasteiger partial charge < -0.3 is 10.6 Å². The highest BCUT2D eigenvalue weighted by Crippen LogP contribution is 2.29. The Balaban J connectivity index is 0.00000364. The molecule has 0 bridgehead atoms. The molecule has 0 aliphatic carbocycles. The number of nitrogens with zero attached hydrogens (tertiary/aromatic N) is 2. The fourth-order valence-corrected chi connectivity index (χ4v) is 2.16. The van der Waals surface area contributed by atoms with Crippen molar-refractivity contribution in [2.45, 2.75) is 19.3 Å². The van der Waals surface area contributed by atoms with E-state index in [1.165, 1.54) is 31.3 Å². The second kappa shape index (κ2) is 10.1. The summed E-state index contributed by atoms with van der Waals surface area (Å²) in [5.74, 6) is -0.136. The van der Waals surface area contributed by atoms with Crippen molar-refractivity contribution in [2.75, 3.05) is 7.05 Å². The number of nitriles is 1. The summed E-state index contributed by atoms with van der Waals surface area (Å²) in [4.78, 5) is 3.98. The second-order valence-electron chi connectivity index (χ2n) is 5.39. The number of hydrogen-bond acceptors (Lipinski definition) is 2. The first-order valence-corrected chi connectivity index (χ1v) is 7.62. The lowest BCUT2D eigenvalue weighted by Gasteiger charge is -2.13. The normalized spacial score (nSPS) is 11.3. The van der Waals surface area contributed by atoms with Gasteiger partial charge in [-0.15, -0.1) is 24.0 Å². The van der Waals surface area contributed by atoms with E-state index in [1.54, 1.807) is 0 Å². The van der Waals surface area contributed by atoms with Crippen molar-refractivity contribution in [3.63, 3.8) is 0 Å². The van der Waals surface area contributed by atoms with E-state index >= 15 is 0 Å². The quantitative estimate of drug-likeness (QED) is 0.291. The van der Waals surface area contributed by atoms with Crippen LogP contribution in [-0.2, 0) is 19.3 Å². The second-order valence-corrected chi connectivity index (χ2v) is 5.39. The molecule has 0 amide bonds. The Kier molecular flexibility index (Phi) is 8.49. The molecule has 0 spiro atoms. The van der Waals surface area contributed by atoms with Gasteiger partial charge >= 0.3 is 6.18 Å². The molecular weight excluding hydrogens is 475 g/mol. The first kappa shape index (κ1) is 22.7. The largest absolute Gasteiger partial charge is 0.416 e. The summed E-state index contributed by atoms with van der Waals surface area (Å²) in [5.41, 5.74) is 0.531. The zero-order chi connectivity index (χ0) is 19.2. The molecule has 0 fully saturated rings. The highest BCUT2D eigenvalue weighted by molar-refractivity contribution is 14.0. The SMILES string of the molecule is CN=C(NCc1ccc(C(F)(F)F)cc1)NCc1ccc(C#N)cc1F.I. The molecule has 144 valence electrons. The van der Waals surface area contributed by atoms with Crippen molar-refractivity contribution in [1.82, 2.24) is 10.6 Å². The van der Waals surface area contributed by atoms with Crippen LogP contribution in [0.4, 0.5) is 17.6 Å². The first-order valence-electron chi connectivity index (χ1n) is 7.62. The van der Waals surface area contributed by atoms with Gasteiger partial charge in [0.2, 0.25) is 0 Å². The van der Waals surface area contributed by atoms with E-state index in [4.69, 9.17) is 5.26 Å². The molecule has 0 atom stereocenters. The van der Waals surface area contributed by atoms with E-state index in [0.717, 1.165) is 18.2 Å². The standard InChI is InChI=1S/C18H16F4N4.HI/c1-24-17(26-11-14-5-2-13(9-23)8-16(14)19)25-10-12-3-6-15(7-4-12)18(20,21)22;/h2-8H,10-11H2,1H3,(H2,24,25,26);1H. The topological polar surface area (TPSA) is 60.2 Å². The molecule has 4 nitrogen and oxygen atoms in total. The van der Waals surface area contributed by atoms with Crippen molar-refractivity contribution in [1.29, 1.82) is 5.26 Å². The van der Waals surface area contributed by atoms with E-state index in [9.17, 15) is 17.6 Å². The van der Waals surface area contributed by atoms with Crippen molar-refractivity contribution in [2.24, 2.45) is 4.99 Å². The van der Waals surface area contributed by atoms with Gasteiger partial charge in [-0.25, -0.2) is 4.39 Å². The summed E-state index contributed by atoms with van der Waals surface area (Å²) in [5, 5.41) is 14.6. The lowest BCUT2D eigenvalue weighted by molar-refractivity contribution is -0.137. The Morgan fingerprint density at radius 3 is 2.22 bits per heavy atom. The van der Waals surface area contributed by atoms with Gasteiger partial charge in [0.25, 0.3) is 0 Å². The number of halogens is 5. The molecular formula is C18H17F4IN4. The number of aliphatic imine (C=N–C) groups is 1. The van der Waals surface area contributed by atoms with E-state index in [2.05, 4.69) is 15.6 Å². The summed E-state index contributed by atoms with van der Waals surface area (Å²) in [6.45, 7) is 0.401. The average Bonchev–Trinajstić information content (AvgIpc) is 2.62. The molecule has 0 aliphatic rings. The molecule has 0 unspecified atom stereocenters. The third kappa shape index (κ3) is 6.71. The summed E-state index contributed by atoms with van der Waals surface area (Å²) in [7, 11) is 1.53. The summed E-state index contributed by atoms with van der Waals surface area (Å²) < 4.78 is 51.4. The van der Waals surface area contributed by atoms with Crippen molar-refractivity contribution in [3.05, 3.63) is 70.5 Å². The van der Waals surface area contributed by atoms with Gasteiger partial charge in [-0.1, -0.05) is 18.2 Å². The van der Waals surface area contributed by atoms with Gasteiger partial charge in [0.1, 0.15) is 5.82 Å². The smallest absolute Gasteiger partial charge is 0.352 e. The summed E-state index contributed by atoms with van der Waals surface area (Å²) >= 11 is 0. The predicted molar refractivity (Wildman–Crippen MR) is 105 cm³/mol. The summed E-state index contributed by atoms with van der Waals surface area (Å²) in [6.07, 6.45) is -4.37. The first-order chi connectivity index (χ1) is 12.3. The number of rotatable bonds is 4. The maximum absolute atomic E-state index is 13.8. The monoisotopic (exact) mass is 492 g/mol. The van der Waals surface area contributed by atoms with Crippen LogP contribution in [0.25, 0.3) is 0 Å². The van der Waals surface area contributed by atoms with Crippen LogP contribution in [0.5, 0.6) is 0 Å². The number of hydrogen-bond donors (Lipinski definition) is 2. The Labute approximate surface area is 171 Å². The van der Waals surface area contributed by atoms with E-state index in [0.29, 0.717) is 17.1 Å². The van der Waals surface area contributed by atoms with Gasteiger partial charge in [-0.05, 0) is 29.8 Å². The van der Waals surface area contributed by atoms with Gasteiger partial charge in [0.15, 0.2) is 5.96 Å². The Morgan fingerprint density at radius 1 is 1.07 bits per heavy atom. The molecule has 0 aliphatic heterocycles. The van der Waals surface area contributed by atoms with E-state index < -0.39 is 17.6 Å². The third-order valence-electron chi connectivity index (χ3n) is 3.59. The molecule has 2 aromatic carbocycles. The van der Waals surface area contributed by atoms with Crippen LogP contribution < -0.4 is 10.6 Å². The van der Waals surface area contributed by atoms with E-state index in [1.807, 2.05) is 6.07 Å². The Morgan fingerprint density at radius 2 is 1.70 bits per heavy atom. The number of nitrogens with one attached hydrogen (secondary N) is 2. The maximum Gasteiger partial charge on any atom is 0.416 e. The fourth-order valence-electron chi connectivity index (χ4n) is 2.16. The van der Waals surface area contributed by atoms with Gasteiger partial charge in [0, 0.05) is 25.7 Å². The molecule has 0 saturated carbocycles. The minimum atomic E-state index is -4.37. The Bertz CT molecular complexity index is 827. The molecule has 9 heteroatoms. The van der Waals surface area contributed by atoms with Crippen molar-refractivity contribution < 1.29 is 17.6 Å². The molecule has 2 rings (SSSR count). The fraction of sp³-hybridized carbons (Fsp3) is 0.222. The van der Waals surface area contributed by atoms with Crippen LogP contribution in [0.15, 0.2) is 47.5 Å². The number of benzene rings is 2. The lowest BCUT2D eigenvalue weighted by Crippen LogP contribution is -2.36. The number of guanidine groups is 1. The molecule has 0 aromatic heterocycles. The lowest BCUT2D eigenvalue weighted by atomic mass is 10.1. The van der Waals surface area contributed by atoms with Crippen LogP contribution >= 0.6 is 24.0 Å².